The van der Waals surface area contributed by atoms with Gasteiger partial charge < -0.3 is 0 Å². The van der Waals surface area contributed by atoms with Gasteiger partial charge >= 0.3 is 0 Å². The summed E-state index contributed by atoms with van der Waals surface area (Å²) in [5.74, 6) is 0.0344. The normalized spacial score (nSPS) is 12.3. The van der Waals surface area contributed by atoms with Gasteiger partial charge in [-0.3, -0.25) is 4.79 Å². The molecule has 1 aromatic carbocycles. The van der Waals surface area contributed by atoms with Gasteiger partial charge in [-0.25, -0.2) is 4.68 Å². The van der Waals surface area contributed by atoms with E-state index in [0.29, 0.717) is 6.42 Å². The number of hydrogen-bond donors (Lipinski definition) is 0. The Morgan fingerprint density at radius 1 is 1.39 bits per heavy atom. The lowest BCUT2D eigenvalue weighted by Gasteiger charge is -2.10. The standard InChI is InChI=1S/C14H16N2OS/c1-11-4-6-13(7-5-11)18-12(2)10-14(17)16-9-3-8-15-16/h3-9,12H,10H2,1-2H3/t12-/m1/s1. The van der Waals surface area contributed by atoms with E-state index >= 15 is 0 Å². The summed E-state index contributed by atoms with van der Waals surface area (Å²) in [5.41, 5.74) is 1.25. The number of benzene rings is 1. The van der Waals surface area contributed by atoms with Gasteiger partial charge in [-0.1, -0.05) is 24.6 Å². The van der Waals surface area contributed by atoms with E-state index < -0.39 is 0 Å². The lowest BCUT2D eigenvalue weighted by molar-refractivity contribution is 0.0888. The van der Waals surface area contributed by atoms with E-state index in [2.05, 4.69) is 43.2 Å². The largest absolute Gasteiger partial charge is 0.273 e. The van der Waals surface area contributed by atoms with E-state index in [-0.39, 0.29) is 11.2 Å². The van der Waals surface area contributed by atoms with Crippen LogP contribution in [0, 0.1) is 6.92 Å². The van der Waals surface area contributed by atoms with Crippen molar-refractivity contribution in [1.82, 2.24) is 9.78 Å². The molecule has 0 aliphatic carbocycles. The summed E-state index contributed by atoms with van der Waals surface area (Å²) in [5, 5.41) is 4.19. The first-order valence-corrected chi connectivity index (χ1v) is 6.79. The lowest BCUT2D eigenvalue weighted by atomic mass is 10.2. The molecule has 0 unspecified atom stereocenters. The first-order valence-electron chi connectivity index (χ1n) is 5.91. The fraction of sp³-hybridized carbons (Fsp3) is 0.286. The van der Waals surface area contributed by atoms with Crippen molar-refractivity contribution in [3.05, 3.63) is 48.3 Å². The number of carbonyl (C=O) groups excluding carboxylic acids is 1. The van der Waals surface area contributed by atoms with Gasteiger partial charge in [0.1, 0.15) is 0 Å². The van der Waals surface area contributed by atoms with Crippen molar-refractivity contribution in [2.45, 2.75) is 30.4 Å². The molecule has 1 heterocycles. The third-order valence-electron chi connectivity index (χ3n) is 2.58. The molecule has 3 nitrogen and oxygen atoms in total. The molecule has 0 N–H and O–H groups in total. The van der Waals surface area contributed by atoms with E-state index in [1.165, 1.54) is 15.1 Å². The predicted molar refractivity (Wildman–Crippen MR) is 74.0 cm³/mol. The highest BCUT2D eigenvalue weighted by Crippen LogP contribution is 2.25. The second-order valence-corrected chi connectivity index (χ2v) is 5.80. The summed E-state index contributed by atoms with van der Waals surface area (Å²) < 4.78 is 1.40. The summed E-state index contributed by atoms with van der Waals surface area (Å²) in [7, 11) is 0. The van der Waals surface area contributed by atoms with Crippen LogP contribution < -0.4 is 0 Å². The minimum Gasteiger partial charge on any atom is -0.273 e. The Labute approximate surface area is 111 Å². The van der Waals surface area contributed by atoms with Crippen LogP contribution in [0.2, 0.25) is 0 Å². The number of hydrogen-bond acceptors (Lipinski definition) is 3. The van der Waals surface area contributed by atoms with Crippen LogP contribution in [-0.4, -0.2) is 20.9 Å². The molecule has 0 saturated carbocycles. The predicted octanol–water partition coefficient (Wildman–Crippen LogP) is 3.40. The van der Waals surface area contributed by atoms with E-state index in [0.717, 1.165) is 0 Å². The van der Waals surface area contributed by atoms with Gasteiger partial charge in [0, 0.05) is 29.0 Å². The molecule has 94 valence electrons. The van der Waals surface area contributed by atoms with Crippen LogP contribution in [0.15, 0.2) is 47.6 Å². The van der Waals surface area contributed by atoms with E-state index in [1.54, 1.807) is 30.2 Å². The third kappa shape index (κ3) is 3.47. The number of rotatable bonds is 4. The summed E-state index contributed by atoms with van der Waals surface area (Å²) >= 11 is 1.72. The first-order chi connectivity index (χ1) is 8.65. The average Bonchev–Trinajstić information content (AvgIpc) is 2.85. The zero-order chi connectivity index (χ0) is 13.0. The Hall–Kier alpha value is -1.55. The van der Waals surface area contributed by atoms with Gasteiger partial charge in [0.15, 0.2) is 0 Å². The molecule has 2 rings (SSSR count). The summed E-state index contributed by atoms with van der Waals surface area (Å²) in [6.07, 6.45) is 3.79. The fourth-order valence-corrected chi connectivity index (χ4v) is 2.63. The minimum absolute atomic E-state index is 0.0344. The van der Waals surface area contributed by atoms with Crippen molar-refractivity contribution in [3.63, 3.8) is 0 Å². The van der Waals surface area contributed by atoms with Gasteiger partial charge in [-0.05, 0) is 25.1 Å². The Morgan fingerprint density at radius 3 is 2.72 bits per heavy atom. The fourth-order valence-electron chi connectivity index (χ4n) is 1.65. The van der Waals surface area contributed by atoms with Gasteiger partial charge in [0.2, 0.25) is 5.91 Å². The molecule has 0 aliphatic rings. The monoisotopic (exact) mass is 260 g/mol. The molecule has 0 spiro atoms. The molecule has 0 amide bonds. The van der Waals surface area contributed by atoms with Crippen LogP contribution >= 0.6 is 11.8 Å². The number of carbonyl (C=O) groups is 1. The van der Waals surface area contributed by atoms with Crippen molar-refractivity contribution < 1.29 is 4.79 Å². The maximum Gasteiger partial charge on any atom is 0.247 e. The Morgan fingerprint density at radius 2 is 2.11 bits per heavy atom. The van der Waals surface area contributed by atoms with E-state index in [4.69, 9.17) is 0 Å². The molecule has 0 aliphatic heterocycles. The molecule has 4 heteroatoms. The van der Waals surface area contributed by atoms with Crippen LogP contribution in [0.25, 0.3) is 0 Å². The zero-order valence-electron chi connectivity index (χ0n) is 10.5. The van der Waals surface area contributed by atoms with Crippen LogP contribution in [-0.2, 0) is 0 Å². The maximum atomic E-state index is 11.8. The molecular weight excluding hydrogens is 244 g/mol. The Balaban J connectivity index is 1.90. The first kappa shape index (κ1) is 12.9. The highest BCUT2D eigenvalue weighted by atomic mass is 32.2. The summed E-state index contributed by atoms with van der Waals surface area (Å²) in [6, 6.07) is 10.1. The van der Waals surface area contributed by atoms with Crippen molar-refractivity contribution >= 4 is 17.7 Å². The van der Waals surface area contributed by atoms with Crippen molar-refractivity contribution in [2.24, 2.45) is 0 Å². The van der Waals surface area contributed by atoms with Crippen LogP contribution in [0.4, 0.5) is 0 Å². The Kier molecular flexibility index (Phi) is 4.20. The molecule has 1 atom stereocenters. The van der Waals surface area contributed by atoms with E-state index in [1.807, 2.05) is 0 Å². The van der Waals surface area contributed by atoms with E-state index in [9.17, 15) is 4.79 Å². The van der Waals surface area contributed by atoms with Crippen LogP contribution in [0.5, 0.6) is 0 Å². The molecule has 0 fully saturated rings. The second kappa shape index (κ2) is 5.87. The minimum atomic E-state index is 0.0344. The molecular formula is C14H16N2OS. The highest BCUT2D eigenvalue weighted by molar-refractivity contribution is 8.00. The Bertz CT molecular complexity index is 505. The number of aryl methyl sites for hydroxylation is 1. The van der Waals surface area contributed by atoms with Crippen LogP contribution in [0.3, 0.4) is 0 Å². The van der Waals surface area contributed by atoms with Crippen molar-refractivity contribution in [2.75, 3.05) is 0 Å². The molecule has 0 saturated heterocycles. The van der Waals surface area contributed by atoms with Crippen molar-refractivity contribution in [3.8, 4) is 0 Å². The zero-order valence-corrected chi connectivity index (χ0v) is 11.4. The summed E-state index contributed by atoms with van der Waals surface area (Å²) in [6.45, 7) is 4.13. The molecule has 0 radical (unpaired) electrons. The van der Waals surface area contributed by atoms with Gasteiger partial charge in [-0.2, -0.15) is 5.10 Å². The number of nitrogens with zero attached hydrogens (tertiary/aromatic N) is 2. The third-order valence-corrected chi connectivity index (χ3v) is 3.69. The number of aromatic nitrogens is 2. The topological polar surface area (TPSA) is 34.9 Å². The van der Waals surface area contributed by atoms with Gasteiger partial charge in [0.05, 0.1) is 0 Å². The molecule has 18 heavy (non-hydrogen) atoms. The second-order valence-electron chi connectivity index (χ2n) is 4.29. The quantitative estimate of drug-likeness (QED) is 0.790. The van der Waals surface area contributed by atoms with Crippen molar-refractivity contribution in [1.29, 1.82) is 0 Å². The number of thioether (sulfide) groups is 1. The SMILES string of the molecule is Cc1ccc(S[C@H](C)CC(=O)n2cccn2)cc1. The maximum absolute atomic E-state index is 11.8. The molecule has 0 bridgehead atoms. The summed E-state index contributed by atoms with van der Waals surface area (Å²) in [4.78, 5) is 13.0. The average molecular weight is 260 g/mol. The molecule has 1 aromatic heterocycles. The smallest absolute Gasteiger partial charge is 0.247 e. The molecule has 2 aromatic rings. The van der Waals surface area contributed by atoms with Gasteiger partial charge in [-0.15, -0.1) is 11.8 Å². The van der Waals surface area contributed by atoms with Crippen LogP contribution in [0.1, 0.15) is 23.7 Å². The lowest BCUT2D eigenvalue weighted by Crippen LogP contribution is -2.15. The highest BCUT2D eigenvalue weighted by Gasteiger charge is 2.12. The van der Waals surface area contributed by atoms with Gasteiger partial charge in [0.25, 0.3) is 0 Å².